The fourth-order valence-electron chi connectivity index (χ4n) is 1.90. The van der Waals surface area contributed by atoms with Crippen molar-refractivity contribution >= 4 is 5.91 Å². The van der Waals surface area contributed by atoms with Crippen LogP contribution in [0.2, 0.25) is 0 Å². The molecule has 0 fully saturated rings. The highest BCUT2D eigenvalue weighted by Crippen LogP contribution is 2.35. The molecule has 1 amide bonds. The lowest BCUT2D eigenvalue weighted by molar-refractivity contribution is -0.165. The topological polar surface area (TPSA) is 59.8 Å². The molecule has 0 saturated heterocycles. The molecule has 10 heteroatoms. The summed E-state index contributed by atoms with van der Waals surface area (Å²) >= 11 is 0. The number of hydrogen-bond acceptors (Lipinski definition) is 3. The maximum Gasteiger partial charge on any atom is 0.413 e. The Balaban J connectivity index is 2.32. The number of carbonyl (C=O) groups excluding carboxylic acids is 1. The van der Waals surface area contributed by atoms with Crippen LogP contribution >= 0.6 is 0 Å². The van der Waals surface area contributed by atoms with E-state index in [1.807, 2.05) is 0 Å². The first-order chi connectivity index (χ1) is 10.7. The Morgan fingerprint density at radius 3 is 2.35 bits per heavy atom. The first-order valence-corrected chi connectivity index (χ1v) is 6.37. The monoisotopic (exact) mass is 334 g/mol. The van der Waals surface area contributed by atoms with Crippen LogP contribution in [0.5, 0.6) is 0 Å². The van der Waals surface area contributed by atoms with Crippen LogP contribution in [-0.2, 0) is 4.79 Å². The molecule has 2 atom stereocenters. The van der Waals surface area contributed by atoms with Gasteiger partial charge in [-0.2, -0.15) is 18.3 Å². The van der Waals surface area contributed by atoms with Gasteiger partial charge in [-0.15, -0.1) is 0 Å². The van der Waals surface area contributed by atoms with E-state index >= 15 is 0 Å². The third-order valence-corrected chi connectivity index (χ3v) is 3.12. The summed E-state index contributed by atoms with van der Waals surface area (Å²) in [4.78, 5) is 15.5. The van der Waals surface area contributed by atoms with Gasteiger partial charge in [-0.25, -0.2) is 18.4 Å². The van der Waals surface area contributed by atoms with Crippen molar-refractivity contribution in [1.29, 1.82) is 0 Å². The van der Waals surface area contributed by atoms with E-state index in [1.165, 1.54) is 6.92 Å². The zero-order valence-corrected chi connectivity index (χ0v) is 11.7. The second-order valence-corrected chi connectivity index (χ2v) is 4.67. The van der Waals surface area contributed by atoms with Gasteiger partial charge in [-0.05, 0) is 19.1 Å². The summed E-state index contributed by atoms with van der Waals surface area (Å²) in [7, 11) is 0. The van der Waals surface area contributed by atoms with E-state index in [1.54, 1.807) is 5.32 Å². The van der Waals surface area contributed by atoms with Crippen molar-refractivity contribution in [3.63, 3.8) is 0 Å². The van der Waals surface area contributed by atoms with E-state index in [4.69, 9.17) is 0 Å². The third-order valence-electron chi connectivity index (χ3n) is 3.12. The number of halogens is 5. The normalized spacial score (nSPS) is 14.3. The molecule has 2 aromatic rings. The van der Waals surface area contributed by atoms with Gasteiger partial charge in [0.25, 0.3) is 0 Å². The number of nitrogens with one attached hydrogen (secondary N) is 1. The molecule has 2 rings (SSSR count). The third kappa shape index (κ3) is 3.63. The van der Waals surface area contributed by atoms with Crippen molar-refractivity contribution in [3.8, 4) is 0 Å². The van der Waals surface area contributed by atoms with Crippen molar-refractivity contribution in [3.05, 3.63) is 48.1 Å². The summed E-state index contributed by atoms with van der Waals surface area (Å²) in [6, 6.07) is -1.66. The Labute approximate surface area is 127 Å². The molecule has 0 aliphatic rings. The Kier molecular flexibility index (Phi) is 4.62. The lowest BCUT2D eigenvalue weighted by Gasteiger charge is -2.24. The van der Waals surface area contributed by atoms with Crippen molar-refractivity contribution < 1.29 is 26.7 Å². The first-order valence-electron chi connectivity index (χ1n) is 6.37. The number of alkyl halides is 3. The summed E-state index contributed by atoms with van der Waals surface area (Å²) in [6.45, 7) is 1.27. The van der Waals surface area contributed by atoms with Gasteiger partial charge in [0.2, 0.25) is 5.91 Å². The van der Waals surface area contributed by atoms with Crippen LogP contribution in [0.25, 0.3) is 0 Å². The summed E-state index contributed by atoms with van der Waals surface area (Å²) in [5, 5.41) is 5.24. The predicted octanol–water partition coefficient (Wildman–Crippen LogP) is 2.54. The maximum atomic E-state index is 13.6. The molecule has 23 heavy (non-hydrogen) atoms. The molecule has 124 valence electrons. The Morgan fingerprint density at radius 2 is 1.87 bits per heavy atom. The van der Waals surface area contributed by atoms with Crippen molar-refractivity contribution in [2.75, 3.05) is 0 Å². The molecule has 2 unspecified atom stereocenters. The fraction of sp³-hybridized carbons (Fsp3) is 0.308. The maximum absolute atomic E-state index is 13.6. The van der Waals surface area contributed by atoms with Gasteiger partial charge in [0.1, 0.15) is 30.3 Å². The molecule has 0 aliphatic heterocycles. The van der Waals surface area contributed by atoms with Crippen molar-refractivity contribution in [1.82, 2.24) is 20.1 Å². The molecular weight excluding hydrogens is 323 g/mol. The average Bonchev–Trinajstić information content (AvgIpc) is 2.98. The zero-order chi connectivity index (χ0) is 17.2. The number of carbonyl (C=O) groups is 1. The van der Waals surface area contributed by atoms with Gasteiger partial charge in [-0.1, -0.05) is 6.07 Å². The van der Waals surface area contributed by atoms with E-state index in [0.717, 1.165) is 23.4 Å². The summed E-state index contributed by atoms with van der Waals surface area (Å²) < 4.78 is 67.7. The van der Waals surface area contributed by atoms with Crippen molar-refractivity contribution in [2.24, 2.45) is 0 Å². The van der Waals surface area contributed by atoms with Crippen LogP contribution in [0.1, 0.15) is 24.6 Å². The summed E-state index contributed by atoms with van der Waals surface area (Å²) in [5.74, 6) is -3.91. The second-order valence-electron chi connectivity index (χ2n) is 4.67. The number of benzene rings is 1. The predicted molar refractivity (Wildman–Crippen MR) is 68.0 cm³/mol. The summed E-state index contributed by atoms with van der Waals surface area (Å²) in [5.41, 5.74) is -1.26. The Hall–Kier alpha value is -2.52. The van der Waals surface area contributed by atoms with Gasteiger partial charge in [0, 0.05) is 0 Å². The van der Waals surface area contributed by atoms with Gasteiger partial charge < -0.3 is 5.32 Å². The number of rotatable bonds is 4. The van der Waals surface area contributed by atoms with E-state index in [-0.39, 0.29) is 0 Å². The number of hydrogen-bond donors (Lipinski definition) is 1. The van der Waals surface area contributed by atoms with Crippen LogP contribution in [0, 0.1) is 11.6 Å². The molecule has 1 heterocycles. The Morgan fingerprint density at radius 1 is 1.26 bits per heavy atom. The quantitative estimate of drug-likeness (QED) is 0.874. The minimum atomic E-state index is -5.08. The second kappa shape index (κ2) is 6.31. The molecule has 0 aliphatic carbocycles. The minimum Gasteiger partial charge on any atom is -0.339 e. The van der Waals surface area contributed by atoms with E-state index < -0.39 is 41.4 Å². The highest BCUT2D eigenvalue weighted by atomic mass is 19.4. The van der Waals surface area contributed by atoms with Gasteiger partial charge in [0.05, 0.1) is 5.56 Å². The number of aromatic nitrogens is 3. The fourth-order valence-corrected chi connectivity index (χ4v) is 1.90. The van der Waals surface area contributed by atoms with Crippen molar-refractivity contribution in [2.45, 2.75) is 25.2 Å². The lowest BCUT2D eigenvalue weighted by atomic mass is 10.0. The lowest BCUT2D eigenvalue weighted by Crippen LogP contribution is -2.42. The van der Waals surface area contributed by atoms with Gasteiger partial charge in [0.15, 0.2) is 6.04 Å². The van der Waals surface area contributed by atoms with E-state index in [0.29, 0.717) is 12.1 Å². The largest absolute Gasteiger partial charge is 0.413 e. The first kappa shape index (κ1) is 16.8. The van der Waals surface area contributed by atoms with E-state index in [2.05, 4.69) is 10.1 Å². The van der Waals surface area contributed by atoms with Crippen LogP contribution in [0.3, 0.4) is 0 Å². The molecule has 0 spiro atoms. The average molecular weight is 334 g/mol. The molecule has 5 nitrogen and oxygen atoms in total. The zero-order valence-electron chi connectivity index (χ0n) is 11.7. The molecular formula is C13H11F5N4O. The van der Waals surface area contributed by atoms with Crippen LogP contribution < -0.4 is 5.32 Å². The molecule has 0 bridgehead atoms. The number of amides is 1. The minimum absolute atomic E-state index is 0.685. The van der Waals surface area contributed by atoms with Gasteiger partial charge in [-0.3, -0.25) is 4.79 Å². The molecule has 1 N–H and O–H groups in total. The molecule has 1 aromatic carbocycles. The van der Waals surface area contributed by atoms with Crippen LogP contribution in [-0.4, -0.2) is 26.8 Å². The molecule has 0 saturated carbocycles. The van der Waals surface area contributed by atoms with E-state index in [9.17, 15) is 26.7 Å². The van der Waals surface area contributed by atoms with Gasteiger partial charge >= 0.3 is 6.18 Å². The number of nitrogens with zero attached hydrogens (tertiary/aromatic N) is 3. The Bertz CT molecular complexity index is 666. The SMILES string of the molecule is CC(C(=O)NC(c1c(F)cccc1F)C(F)(F)F)n1cncn1. The van der Waals surface area contributed by atoms with Crippen LogP contribution in [0.4, 0.5) is 22.0 Å². The smallest absolute Gasteiger partial charge is 0.339 e. The summed E-state index contributed by atoms with van der Waals surface area (Å²) in [6.07, 6.45) is -2.85. The highest BCUT2D eigenvalue weighted by molar-refractivity contribution is 5.80. The van der Waals surface area contributed by atoms with Crippen LogP contribution in [0.15, 0.2) is 30.9 Å². The standard InChI is InChI=1S/C13H11F5N4O/c1-7(22-6-19-5-20-22)12(23)21-11(13(16,17)18)10-8(14)3-2-4-9(10)15/h2-7,11H,1H3,(H,21,23). The molecule has 1 aromatic heterocycles. The highest BCUT2D eigenvalue weighted by Gasteiger charge is 2.45. The molecule has 0 radical (unpaired) electrons.